The quantitative estimate of drug-likeness (QED) is 0.738. The molecule has 0 aliphatic carbocycles. The fourth-order valence-corrected chi connectivity index (χ4v) is 4.16. The third-order valence-corrected chi connectivity index (χ3v) is 5.71. The van der Waals surface area contributed by atoms with Crippen LogP contribution in [0.3, 0.4) is 0 Å². The fourth-order valence-electron chi connectivity index (χ4n) is 3.06. The Labute approximate surface area is 166 Å². The maximum atomic E-state index is 14.6. The van der Waals surface area contributed by atoms with Crippen molar-refractivity contribution < 1.29 is 32.2 Å². The predicted octanol–water partition coefficient (Wildman–Crippen LogP) is 2.58. The molecule has 0 aromatic heterocycles. The van der Waals surface area contributed by atoms with E-state index in [-0.39, 0.29) is 22.8 Å². The summed E-state index contributed by atoms with van der Waals surface area (Å²) in [4.78, 5) is 16.6. The zero-order valence-electron chi connectivity index (χ0n) is 14.8. The molecule has 29 heavy (non-hydrogen) atoms. The summed E-state index contributed by atoms with van der Waals surface area (Å²) in [6.07, 6.45) is -6.09. The number of cyclic esters (lactones) is 1. The Morgan fingerprint density at radius 1 is 1.38 bits per heavy atom. The monoisotopic (exact) mass is 433 g/mol. The maximum absolute atomic E-state index is 14.6. The van der Waals surface area contributed by atoms with Gasteiger partial charge in [-0.3, -0.25) is 9.91 Å². The van der Waals surface area contributed by atoms with E-state index >= 15 is 0 Å². The zero-order valence-corrected chi connectivity index (χ0v) is 15.6. The van der Waals surface area contributed by atoms with Gasteiger partial charge < -0.3 is 9.84 Å². The molecule has 3 heterocycles. The summed E-state index contributed by atoms with van der Waals surface area (Å²) in [5, 5.41) is 18.8. The van der Waals surface area contributed by atoms with Crippen molar-refractivity contribution in [2.24, 2.45) is 15.3 Å². The summed E-state index contributed by atoms with van der Waals surface area (Å²) in [6.45, 7) is 1.73. The first-order valence-electron chi connectivity index (χ1n) is 8.58. The minimum Gasteiger partial charge on any atom is -0.442 e. The third-order valence-electron chi connectivity index (χ3n) is 4.58. The van der Waals surface area contributed by atoms with Crippen molar-refractivity contribution in [3.05, 3.63) is 29.6 Å². The standard InChI is InChI=1S/C16H15F4N5O3S/c17-12-5-9(25-7-10(28-14(25)26)6-24-4-3-21-23-24)1-2-11(12)13-22-15(27,8-29-13)16(18,19)20/h1-2,5,10,27H,3-4,6-8H2/t10-,15?/m0/s1. The van der Waals surface area contributed by atoms with Gasteiger partial charge in [0.25, 0.3) is 5.72 Å². The van der Waals surface area contributed by atoms with Gasteiger partial charge in [0, 0.05) is 5.56 Å². The molecule has 0 spiro atoms. The van der Waals surface area contributed by atoms with Crippen molar-refractivity contribution in [1.29, 1.82) is 0 Å². The van der Waals surface area contributed by atoms with Crippen LogP contribution in [0, 0.1) is 5.82 Å². The van der Waals surface area contributed by atoms with Gasteiger partial charge in [0.2, 0.25) is 0 Å². The SMILES string of the molecule is O=C1O[C@@H](CN2CCN=N2)CN1c1ccc(C2=NC(O)(C(F)(F)F)CS2)c(F)c1. The van der Waals surface area contributed by atoms with Crippen molar-refractivity contribution in [2.75, 3.05) is 36.8 Å². The van der Waals surface area contributed by atoms with Gasteiger partial charge in [-0.05, 0) is 18.2 Å². The van der Waals surface area contributed by atoms with E-state index in [4.69, 9.17) is 4.74 Å². The lowest BCUT2D eigenvalue weighted by molar-refractivity contribution is -0.245. The summed E-state index contributed by atoms with van der Waals surface area (Å²) in [7, 11) is 0. The van der Waals surface area contributed by atoms with E-state index in [2.05, 4.69) is 15.3 Å². The van der Waals surface area contributed by atoms with Gasteiger partial charge >= 0.3 is 12.3 Å². The minimum atomic E-state index is -4.96. The third kappa shape index (κ3) is 3.75. The zero-order chi connectivity index (χ0) is 20.8. The van der Waals surface area contributed by atoms with Crippen LogP contribution in [0.5, 0.6) is 0 Å². The number of anilines is 1. The number of hydrogen-bond donors (Lipinski definition) is 1. The van der Waals surface area contributed by atoms with E-state index in [9.17, 15) is 27.5 Å². The van der Waals surface area contributed by atoms with Gasteiger partial charge in [0.05, 0.1) is 37.6 Å². The average Bonchev–Trinajstić information content (AvgIpc) is 3.36. The highest BCUT2D eigenvalue weighted by molar-refractivity contribution is 8.14. The predicted molar refractivity (Wildman–Crippen MR) is 95.3 cm³/mol. The molecule has 13 heteroatoms. The number of alkyl halides is 3. The molecule has 8 nitrogen and oxygen atoms in total. The maximum Gasteiger partial charge on any atom is 0.439 e. The Bertz CT molecular complexity index is 896. The number of benzene rings is 1. The lowest BCUT2D eigenvalue weighted by Gasteiger charge is -2.21. The van der Waals surface area contributed by atoms with Gasteiger partial charge in [0.15, 0.2) is 0 Å². The molecule has 3 aliphatic rings. The van der Waals surface area contributed by atoms with Crippen LogP contribution in [0.2, 0.25) is 0 Å². The molecule has 1 N–H and O–H groups in total. The summed E-state index contributed by atoms with van der Waals surface area (Å²) < 4.78 is 58.5. The Morgan fingerprint density at radius 2 is 2.17 bits per heavy atom. The molecule has 0 radical (unpaired) electrons. The van der Waals surface area contributed by atoms with Crippen LogP contribution in [0.25, 0.3) is 0 Å². The number of amides is 1. The molecule has 3 aliphatic heterocycles. The summed E-state index contributed by atoms with van der Waals surface area (Å²) in [5.74, 6) is -1.61. The molecule has 1 amide bonds. The van der Waals surface area contributed by atoms with E-state index in [1.807, 2.05) is 0 Å². The van der Waals surface area contributed by atoms with Gasteiger partial charge in [-0.15, -0.1) is 11.8 Å². The molecule has 0 saturated carbocycles. The molecular weight excluding hydrogens is 418 g/mol. The van der Waals surface area contributed by atoms with Crippen LogP contribution in [-0.4, -0.2) is 71.2 Å². The van der Waals surface area contributed by atoms with Crippen molar-refractivity contribution in [3.63, 3.8) is 0 Å². The van der Waals surface area contributed by atoms with Crippen LogP contribution >= 0.6 is 11.8 Å². The van der Waals surface area contributed by atoms with Crippen LogP contribution in [0.15, 0.2) is 33.5 Å². The number of aliphatic hydroxyl groups is 1. The number of carbonyl (C=O) groups excluding carboxylic acids is 1. The summed E-state index contributed by atoms with van der Waals surface area (Å²) >= 11 is 0.610. The lowest BCUT2D eigenvalue weighted by atomic mass is 10.1. The van der Waals surface area contributed by atoms with E-state index < -0.39 is 35.7 Å². The van der Waals surface area contributed by atoms with Crippen molar-refractivity contribution in [3.8, 4) is 0 Å². The topological polar surface area (TPSA) is 90.1 Å². The number of carbonyl (C=O) groups is 1. The number of halogens is 4. The van der Waals surface area contributed by atoms with Gasteiger partial charge in [-0.1, -0.05) is 5.22 Å². The fraction of sp³-hybridized carbons (Fsp3) is 0.500. The smallest absolute Gasteiger partial charge is 0.439 e. The highest BCUT2D eigenvalue weighted by Crippen LogP contribution is 2.41. The van der Waals surface area contributed by atoms with E-state index in [0.717, 1.165) is 6.07 Å². The second kappa shape index (κ2) is 7.13. The molecule has 1 aromatic carbocycles. The van der Waals surface area contributed by atoms with Crippen molar-refractivity contribution in [2.45, 2.75) is 18.0 Å². The molecule has 1 fully saturated rings. The first-order chi connectivity index (χ1) is 13.7. The normalized spacial score (nSPS) is 27.0. The average molecular weight is 433 g/mol. The Morgan fingerprint density at radius 3 is 2.79 bits per heavy atom. The molecule has 4 rings (SSSR count). The highest BCUT2D eigenvalue weighted by atomic mass is 32.2. The summed E-state index contributed by atoms with van der Waals surface area (Å²) in [6, 6.07) is 3.65. The van der Waals surface area contributed by atoms with E-state index in [1.165, 1.54) is 17.0 Å². The Balaban J connectivity index is 1.50. The largest absolute Gasteiger partial charge is 0.442 e. The Kier molecular flexibility index (Phi) is 4.89. The molecule has 1 aromatic rings. The van der Waals surface area contributed by atoms with Crippen LogP contribution in [0.1, 0.15) is 5.56 Å². The van der Waals surface area contributed by atoms with Crippen LogP contribution in [0.4, 0.5) is 28.0 Å². The van der Waals surface area contributed by atoms with Crippen molar-refractivity contribution >= 4 is 28.6 Å². The first-order valence-corrected chi connectivity index (χ1v) is 9.57. The van der Waals surface area contributed by atoms with Gasteiger partial charge in [0.1, 0.15) is 17.0 Å². The van der Waals surface area contributed by atoms with E-state index in [1.54, 1.807) is 5.01 Å². The number of nitrogens with zero attached hydrogens (tertiary/aromatic N) is 5. The number of ether oxygens (including phenoxy) is 1. The van der Waals surface area contributed by atoms with Gasteiger partial charge in [-0.25, -0.2) is 14.2 Å². The minimum absolute atomic E-state index is 0.174. The summed E-state index contributed by atoms with van der Waals surface area (Å²) in [5.41, 5.74) is -3.21. The highest BCUT2D eigenvalue weighted by Gasteiger charge is 2.57. The molecule has 156 valence electrons. The van der Waals surface area contributed by atoms with E-state index in [0.29, 0.717) is 31.4 Å². The second-order valence-corrected chi connectivity index (χ2v) is 7.63. The van der Waals surface area contributed by atoms with Gasteiger partial charge in [-0.2, -0.15) is 18.3 Å². The van der Waals surface area contributed by atoms with Crippen molar-refractivity contribution in [1.82, 2.24) is 5.01 Å². The molecule has 1 unspecified atom stereocenters. The van der Waals surface area contributed by atoms with Crippen LogP contribution < -0.4 is 4.90 Å². The molecule has 0 bridgehead atoms. The molecular formula is C16H15F4N5O3S. The first kappa shape index (κ1) is 19.9. The molecule has 1 saturated heterocycles. The number of rotatable bonds is 4. The number of aliphatic imine (C=N–C) groups is 1. The van der Waals surface area contributed by atoms with Crippen LogP contribution in [-0.2, 0) is 4.74 Å². The second-order valence-electron chi connectivity index (χ2n) is 6.67. The number of hydrogen-bond acceptors (Lipinski definition) is 8. The Hall–Kier alpha value is -2.41. The lowest BCUT2D eigenvalue weighted by Crippen LogP contribution is -2.43. The number of thioether (sulfide) groups is 1. The molecule has 2 atom stereocenters.